The molecule has 2 aromatic rings. The van der Waals surface area contributed by atoms with Gasteiger partial charge < -0.3 is 9.84 Å². The number of hydrogen-bond donors (Lipinski definition) is 2. The predicted octanol–water partition coefficient (Wildman–Crippen LogP) is 1.72. The van der Waals surface area contributed by atoms with Crippen LogP contribution in [0.15, 0.2) is 35.5 Å². The Morgan fingerprint density at radius 1 is 1.47 bits per heavy atom. The van der Waals surface area contributed by atoms with E-state index in [1.165, 1.54) is 0 Å². The number of aliphatic carboxylic acids is 1. The van der Waals surface area contributed by atoms with Crippen LogP contribution >= 0.6 is 11.8 Å². The molecule has 1 heterocycles. The Hall–Kier alpha value is -1.86. The Bertz CT molecular complexity index is 544. The van der Waals surface area contributed by atoms with Crippen molar-refractivity contribution in [3.63, 3.8) is 0 Å². The minimum atomic E-state index is -0.900. The Kier molecular flexibility index (Phi) is 4.53. The first-order chi connectivity index (χ1) is 9.20. The molecule has 0 aliphatic heterocycles. The van der Waals surface area contributed by atoms with Gasteiger partial charge in [0.05, 0.1) is 5.75 Å². The summed E-state index contributed by atoms with van der Waals surface area (Å²) in [5.41, 5.74) is 0.955. The molecule has 0 fully saturated rings. The predicted molar refractivity (Wildman–Crippen MR) is 70.0 cm³/mol. The lowest BCUT2D eigenvalue weighted by Gasteiger charge is -2.12. The summed E-state index contributed by atoms with van der Waals surface area (Å²) in [4.78, 5) is 14.7. The van der Waals surface area contributed by atoms with Crippen molar-refractivity contribution in [1.29, 1.82) is 0 Å². The highest BCUT2D eigenvalue weighted by Gasteiger charge is 2.18. The van der Waals surface area contributed by atoms with E-state index in [-0.39, 0.29) is 11.9 Å². The fraction of sp³-hybridized carbons (Fsp3) is 0.250. The summed E-state index contributed by atoms with van der Waals surface area (Å²) in [6.07, 6.45) is -0.340. The van der Waals surface area contributed by atoms with Crippen molar-refractivity contribution < 1.29 is 14.6 Å². The van der Waals surface area contributed by atoms with Crippen molar-refractivity contribution in [3.05, 3.63) is 41.7 Å². The van der Waals surface area contributed by atoms with Crippen LogP contribution in [0.4, 0.5) is 0 Å². The normalized spacial score (nSPS) is 12.3. The lowest BCUT2D eigenvalue weighted by molar-refractivity contribution is -0.133. The van der Waals surface area contributed by atoms with Crippen LogP contribution in [-0.4, -0.2) is 39.1 Å². The number of benzene rings is 1. The topological polar surface area (TPSA) is 88.1 Å². The zero-order chi connectivity index (χ0) is 13.7. The largest absolute Gasteiger partial charge is 0.481 e. The lowest BCUT2D eigenvalue weighted by Crippen LogP contribution is -2.05. The second kappa shape index (κ2) is 6.35. The summed E-state index contributed by atoms with van der Waals surface area (Å²) < 4.78 is 5.40. The van der Waals surface area contributed by atoms with Gasteiger partial charge in [-0.25, -0.2) is 4.98 Å². The Morgan fingerprint density at radius 3 is 2.84 bits per heavy atom. The number of nitrogens with zero attached hydrogens (tertiary/aromatic N) is 2. The van der Waals surface area contributed by atoms with E-state index >= 15 is 0 Å². The molecule has 2 rings (SSSR count). The highest BCUT2D eigenvalue weighted by Crippen LogP contribution is 2.23. The summed E-state index contributed by atoms with van der Waals surface area (Å²) >= 11 is 1.06. The second-order valence-corrected chi connectivity index (χ2v) is 4.65. The molecule has 1 unspecified atom stereocenters. The SMILES string of the molecule is COC(c1ccccc1)c1nc(SCC(=O)O)n[nH]1. The number of aromatic amines is 1. The Morgan fingerprint density at radius 2 is 2.21 bits per heavy atom. The number of thioether (sulfide) groups is 1. The van der Waals surface area contributed by atoms with E-state index < -0.39 is 5.97 Å². The number of carboxylic acid groups (broad SMARTS) is 1. The van der Waals surface area contributed by atoms with Crippen LogP contribution in [0.2, 0.25) is 0 Å². The molecule has 1 aromatic heterocycles. The standard InChI is InChI=1S/C12H13N3O3S/c1-18-10(8-5-3-2-4-6-8)11-13-12(15-14-11)19-7-9(16)17/h2-6,10H,7H2,1H3,(H,16,17)(H,13,14,15). The summed E-state index contributed by atoms with van der Waals surface area (Å²) in [6.45, 7) is 0. The number of ether oxygens (including phenoxy) is 1. The van der Waals surface area contributed by atoms with Crippen molar-refractivity contribution in [3.8, 4) is 0 Å². The number of nitrogens with one attached hydrogen (secondary N) is 1. The maximum absolute atomic E-state index is 10.5. The van der Waals surface area contributed by atoms with Crippen molar-refractivity contribution in [2.24, 2.45) is 0 Å². The lowest BCUT2D eigenvalue weighted by atomic mass is 10.1. The molecule has 0 radical (unpaired) electrons. The van der Waals surface area contributed by atoms with Gasteiger partial charge in [0.2, 0.25) is 5.16 Å². The van der Waals surface area contributed by atoms with Crippen molar-refractivity contribution in [2.75, 3.05) is 12.9 Å². The molecule has 0 bridgehead atoms. The van der Waals surface area contributed by atoms with Gasteiger partial charge in [0.25, 0.3) is 0 Å². The third kappa shape index (κ3) is 3.55. The number of carbonyl (C=O) groups is 1. The van der Waals surface area contributed by atoms with Crippen LogP contribution in [0, 0.1) is 0 Å². The van der Waals surface area contributed by atoms with Gasteiger partial charge in [0, 0.05) is 7.11 Å². The molecule has 6 nitrogen and oxygen atoms in total. The number of H-pyrrole nitrogens is 1. The molecule has 0 aliphatic carbocycles. The van der Waals surface area contributed by atoms with E-state index in [1.807, 2.05) is 30.3 Å². The van der Waals surface area contributed by atoms with Gasteiger partial charge >= 0.3 is 5.97 Å². The van der Waals surface area contributed by atoms with Gasteiger partial charge in [-0.3, -0.25) is 9.89 Å². The third-order valence-electron chi connectivity index (χ3n) is 2.39. The minimum Gasteiger partial charge on any atom is -0.481 e. The zero-order valence-corrected chi connectivity index (χ0v) is 11.1. The van der Waals surface area contributed by atoms with Crippen molar-refractivity contribution in [2.45, 2.75) is 11.3 Å². The van der Waals surface area contributed by atoms with E-state index in [9.17, 15) is 4.79 Å². The molecular weight excluding hydrogens is 266 g/mol. The summed E-state index contributed by atoms with van der Waals surface area (Å²) in [7, 11) is 1.59. The molecular formula is C12H13N3O3S. The minimum absolute atomic E-state index is 0.0692. The van der Waals surface area contributed by atoms with Crippen LogP contribution in [0.1, 0.15) is 17.5 Å². The zero-order valence-electron chi connectivity index (χ0n) is 10.2. The highest BCUT2D eigenvalue weighted by molar-refractivity contribution is 7.99. The molecule has 0 aliphatic rings. The van der Waals surface area contributed by atoms with Crippen LogP contribution in [-0.2, 0) is 9.53 Å². The molecule has 19 heavy (non-hydrogen) atoms. The van der Waals surface area contributed by atoms with Gasteiger partial charge in [0.1, 0.15) is 6.10 Å². The first kappa shape index (κ1) is 13.6. The summed E-state index contributed by atoms with van der Waals surface area (Å²) in [5.74, 6) is -0.412. The van der Waals surface area contributed by atoms with E-state index in [4.69, 9.17) is 9.84 Å². The van der Waals surface area contributed by atoms with E-state index in [0.29, 0.717) is 11.0 Å². The molecule has 2 N–H and O–H groups in total. The smallest absolute Gasteiger partial charge is 0.313 e. The summed E-state index contributed by atoms with van der Waals surface area (Å²) in [6, 6.07) is 9.61. The third-order valence-corrected chi connectivity index (χ3v) is 3.23. The quantitative estimate of drug-likeness (QED) is 0.783. The Labute approximate surface area is 114 Å². The first-order valence-electron chi connectivity index (χ1n) is 5.55. The number of aromatic nitrogens is 3. The first-order valence-corrected chi connectivity index (χ1v) is 6.54. The van der Waals surface area contributed by atoms with Crippen LogP contribution < -0.4 is 0 Å². The van der Waals surface area contributed by atoms with Gasteiger partial charge in [0.15, 0.2) is 5.82 Å². The molecule has 0 saturated carbocycles. The number of hydrogen-bond acceptors (Lipinski definition) is 5. The molecule has 1 aromatic carbocycles. The summed E-state index contributed by atoms with van der Waals surface area (Å²) in [5, 5.41) is 15.7. The van der Waals surface area contributed by atoms with E-state index in [0.717, 1.165) is 17.3 Å². The second-order valence-electron chi connectivity index (χ2n) is 3.71. The molecule has 1 atom stereocenters. The molecule has 0 saturated heterocycles. The van der Waals surface area contributed by atoms with Crippen LogP contribution in [0.5, 0.6) is 0 Å². The number of rotatable bonds is 6. The highest BCUT2D eigenvalue weighted by atomic mass is 32.2. The fourth-order valence-electron chi connectivity index (χ4n) is 1.60. The molecule has 7 heteroatoms. The van der Waals surface area contributed by atoms with E-state index in [2.05, 4.69) is 15.2 Å². The van der Waals surface area contributed by atoms with Gasteiger partial charge in [-0.15, -0.1) is 5.10 Å². The van der Waals surface area contributed by atoms with Gasteiger partial charge in [-0.2, -0.15) is 0 Å². The maximum Gasteiger partial charge on any atom is 0.313 e. The number of carboxylic acids is 1. The maximum atomic E-state index is 10.5. The Balaban J connectivity index is 2.14. The molecule has 100 valence electrons. The van der Waals surface area contributed by atoms with E-state index in [1.54, 1.807) is 7.11 Å². The van der Waals surface area contributed by atoms with Crippen LogP contribution in [0.25, 0.3) is 0 Å². The molecule has 0 amide bonds. The van der Waals surface area contributed by atoms with Crippen molar-refractivity contribution in [1.82, 2.24) is 15.2 Å². The van der Waals surface area contributed by atoms with Crippen LogP contribution in [0.3, 0.4) is 0 Å². The average Bonchev–Trinajstić information content (AvgIpc) is 2.87. The monoisotopic (exact) mass is 279 g/mol. The van der Waals surface area contributed by atoms with Crippen molar-refractivity contribution >= 4 is 17.7 Å². The fourth-order valence-corrected chi connectivity index (χ4v) is 2.13. The molecule has 0 spiro atoms. The van der Waals surface area contributed by atoms with Gasteiger partial charge in [-0.1, -0.05) is 42.1 Å². The van der Waals surface area contributed by atoms with Gasteiger partial charge in [-0.05, 0) is 5.56 Å². The average molecular weight is 279 g/mol. The number of methoxy groups -OCH3 is 1.